The Morgan fingerprint density at radius 1 is 1.64 bits per heavy atom. The minimum absolute atomic E-state index is 0.286. The van der Waals surface area contributed by atoms with E-state index in [2.05, 4.69) is 4.72 Å². The molecule has 0 aromatic heterocycles. The second-order valence-corrected chi connectivity index (χ2v) is 3.19. The van der Waals surface area contributed by atoms with E-state index in [1.807, 2.05) is 6.07 Å². The van der Waals surface area contributed by atoms with Crippen LogP contribution in [0.15, 0.2) is 18.2 Å². The summed E-state index contributed by atoms with van der Waals surface area (Å²) in [6.07, 6.45) is 0. The molecule has 0 radical (unpaired) electrons. The number of rotatable bonds is 3. The second kappa shape index (κ2) is 4.60. The largest absolute Gasteiger partial charge is 0.495 e. The molecule has 3 N–H and O–H groups in total. The summed E-state index contributed by atoms with van der Waals surface area (Å²) in [6.45, 7) is 0. The third kappa shape index (κ3) is 2.22. The van der Waals surface area contributed by atoms with Crippen molar-refractivity contribution < 1.29 is 8.95 Å². The SMILES string of the molecule is COc1cccc(NS(N)=O)c1C#N. The van der Waals surface area contributed by atoms with Crippen LogP contribution in [-0.4, -0.2) is 11.3 Å². The lowest BCUT2D eigenvalue weighted by molar-refractivity contribution is 0.414. The molecule has 1 rings (SSSR count). The smallest absolute Gasteiger partial charge is 0.190 e. The molecule has 0 bridgehead atoms. The predicted octanol–water partition coefficient (Wildman–Crippen LogP) is 0.516. The molecule has 1 unspecified atom stereocenters. The molecule has 14 heavy (non-hydrogen) atoms. The number of ether oxygens (including phenoxy) is 1. The first-order valence-corrected chi connectivity index (χ1v) is 4.90. The van der Waals surface area contributed by atoms with Crippen LogP contribution in [0.1, 0.15) is 5.56 Å². The number of methoxy groups -OCH3 is 1. The van der Waals surface area contributed by atoms with Crippen molar-refractivity contribution in [2.75, 3.05) is 11.8 Å². The van der Waals surface area contributed by atoms with Gasteiger partial charge in [0.05, 0.1) is 12.8 Å². The Labute approximate surface area is 84.2 Å². The van der Waals surface area contributed by atoms with Gasteiger partial charge in [-0.25, -0.2) is 9.35 Å². The average molecular weight is 211 g/mol. The van der Waals surface area contributed by atoms with Gasteiger partial charge >= 0.3 is 0 Å². The summed E-state index contributed by atoms with van der Waals surface area (Å²) in [4.78, 5) is 0. The lowest BCUT2D eigenvalue weighted by atomic mass is 10.2. The first-order chi connectivity index (χ1) is 6.69. The van der Waals surface area contributed by atoms with Crippen molar-refractivity contribution in [2.24, 2.45) is 5.14 Å². The summed E-state index contributed by atoms with van der Waals surface area (Å²) >= 11 is -1.70. The Kier molecular flexibility index (Phi) is 3.45. The minimum atomic E-state index is -1.70. The highest BCUT2D eigenvalue weighted by atomic mass is 32.2. The fourth-order valence-electron chi connectivity index (χ4n) is 1.01. The lowest BCUT2D eigenvalue weighted by Crippen LogP contribution is -2.14. The number of nitriles is 1. The van der Waals surface area contributed by atoms with Gasteiger partial charge in [-0.3, -0.25) is 4.72 Å². The van der Waals surface area contributed by atoms with Gasteiger partial charge in [-0.05, 0) is 12.1 Å². The number of anilines is 1. The fraction of sp³-hybridized carbons (Fsp3) is 0.125. The van der Waals surface area contributed by atoms with Crippen LogP contribution in [0.3, 0.4) is 0 Å². The van der Waals surface area contributed by atoms with Crippen LogP contribution < -0.4 is 14.6 Å². The third-order valence-electron chi connectivity index (χ3n) is 1.57. The Morgan fingerprint density at radius 3 is 2.86 bits per heavy atom. The maximum absolute atomic E-state index is 10.7. The van der Waals surface area contributed by atoms with Crippen molar-refractivity contribution in [1.82, 2.24) is 0 Å². The highest BCUT2D eigenvalue weighted by Crippen LogP contribution is 2.25. The molecule has 0 saturated carbocycles. The molecule has 1 aromatic carbocycles. The zero-order valence-electron chi connectivity index (χ0n) is 7.48. The van der Waals surface area contributed by atoms with Crippen molar-refractivity contribution in [3.8, 4) is 11.8 Å². The summed E-state index contributed by atoms with van der Waals surface area (Å²) in [5, 5.41) is 13.9. The fourth-order valence-corrected chi connectivity index (χ4v) is 1.40. The highest BCUT2D eigenvalue weighted by molar-refractivity contribution is 7.84. The van der Waals surface area contributed by atoms with Crippen LogP contribution in [0.25, 0.3) is 0 Å². The molecule has 0 saturated heterocycles. The van der Waals surface area contributed by atoms with Gasteiger partial charge in [0.15, 0.2) is 11.2 Å². The molecule has 0 aliphatic heterocycles. The molecular formula is C8H9N3O2S. The Bertz CT molecular complexity index is 400. The molecule has 1 aromatic rings. The Hall–Kier alpha value is -1.58. The molecule has 0 fully saturated rings. The Balaban J connectivity index is 3.17. The van der Waals surface area contributed by atoms with E-state index in [0.717, 1.165) is 0 Å². The summed E-state index contributed by atoms with van der Waals surface area (Å²) in [5.74, 6) is 0.419. The van der Waals surface area contributed by atoms with Crippen molar-refractivity contribution in [2.45, 2.75) is 0 Å². The van der Waals surface area contributed by atoms with Crippen LogP contribution in [0.5, 0.6) is 5.75 Å². The van der Waals surface area contributed by atoms with E-state index in [9.17, 15) is 4.21 Å². The maximum atomic E-state index is 10.7. The molecule has 1 atom stereocenters. The van der Waals surface area contributed by atoms with Crippen molar-refractivity contribution in [3.63, 3.8) is 0 Å². The molecule has 0 spiro atoms. The third-order valence-corrected chi connectivity index (χ3v) is 1.99. The van der Waals surface area contributed by atoms with Gasteiger partial charge in [0, 0.05) is 0 Å². The van der Waals surface area contributed by atoms with Gasteiger partial charge in [-0.1, -0.05) is 6.07 Å². The average Bonchev–Trinajstić information content (AvgIpc) is 2.16. The molecule has 74 valence electrons. The normalized spacial score (nSPS) is 11.5. The van der Waals surface area contributed by atoms with E-state index >= 15 is 0 Å². The number of hydrogen-bond acceptors (Lipinski definition) is 3. The van der Waals surface area contributed by atoms with Crippen molar-refractivity contribution >= 4 is 16.9 Å². The first-order valence-electron chi connectivity index (χ1n) is 3.69. The topological polar surface area (TPSA) is 88.1 Å². The number of nitrogens with zero attached hydrogens (tertiary/aromatic N) is 1. The molecular weight excluding hydrogens is 202 g/mol. The molecule has 0 aliphatic carbocycles. The van der Waals surface area contributed by atoms with Crippen LogP contribution in [0.4, 0.5) is 5.69 Å². The maximum Gasteiger partial charge on any atom is 0.190 e. The van der Waals surface area contributed by atoms with Gasteiger partial charge in [0.1, 0.15) is 17.4 Å². The summed E-state index contributed by atoms with van der Waals surface area (Å²) in [5.41, 5.74) is 0.682. The van der Waals surface area contributed by atoms with E-state index in [1.165, 1.54) is 7.11 Å². The zero-order chi connectivity index (χ0) is 10.6. The monoisotopic (exact) mass is 211 g/mol. The van der Waals surface area contributed by atoms with E-state index in [4.69, 9.17) is 15.1 Å². The Morgan fingerprint density at radius 2 is 2.36 bits per heavy atom. The molecule has 0 aliphatic rings. The number of nitrogens with two attached hydrogens (primary N) is 1. The highest BCUT2D eigenvalue weighted by Gasteiger charge is 2.08. The zero-order valence-corrected chi connectivity index (χ0v) is 8.30. The molecule has 0 amide bonds. The second-order valence-electron chi connectivity index (χ2n) is 2.39. The molecule has 6 heteroatoms. The standard InChI is InChI=1S/C8H9N3O2S/c1-13-8-4-2-3-7(6(8)5-9)11-14(10)12/h2-4,11H,10H2,1H3. The minimum Gasteiger partial charge on any atom is -0.495 e. The van der Waals surface area contributed by atoms with Gasteiger partial charge in [-0.15, -0.1) is 0 Å². The van der Waals surface area contributed by atoms with Crippen LogP contribution in [0.2, 0.25) is 0 Å². The van der Waals surface area contributed by atoms with E-state index in [0.29, 0.717) is 11.4 Å². The lowest BCUT2D eigenvalue weighted by Gasteiger charge is -2.07. The van der Waals surface area contributed by atoms with Crippen LogP contribution >= 0.6 is 0 Å². The summed E-state index contributed by atoms with van der Waals surface area (Å²) in [7, 11) is 1.46. The van der Waals surface area contributed by atoms with Crippen molar-refractivity contribution in [3.05, 3.63) is 23.8 Å². The van der Waals surface area contributed by atoms with E-state index in [-0.39, 0.29) is 5.56 Å². The molecule has 5 nitrogen and oxygen atoms in total. The van der Waals surface area contributed by atoms with Crippen molar-refractivity contribution in [1.29, 1.82) is 5.26 Å². The molecule has 0 heterocycles. The van der Waals surface area contributed by atoms with Gasteiger partial charge in [-0.2, -0.15) is 5.26 Å². The number of benzene rings is 1. The van der Waals surface area contributed by atoms with E-state index < -0.39 is 11.2 Å². The first kappa shape index (κ1) is 10.5. The van der Waals surface area contributed by atoms with E-state index in [1.54, 1.807) is 18.2 Å². The van der Waals surface area contributed by atoms with Gasteiger partial charge < -0.3 is 4.74 Å². The number of nitrogens with one attached hydrogen (secondary N) is 1. The number of hydrogen-bond donors (Lipinski definition) is 2. The van der Waals surface area contributed by atoms with Crippen LogP contribution in [-0.2, 0) is 11.2 Å². The summed E-state index contributed by atoms with van der Waals surface area (Å²) in [6, 6.07) is 6.86. The predicted molar refractivity (Wildman–Crippen MR) is 53.7 cm³/mol. The summed E-state index contributed by atoms with van der Waals surface area (Å²) < 4.78 is 18.1. The quantitative estimate of drug-likeness (QED) is 0.763. The van der Waals surface area contributed by atoms with Gasteiger partial charge in [0.25, 0.3) is 0 Å². The van der Waals surface area contributed by atoms with Gasteiger partial charge in [0.2, 0.25) is 0 Å². The van der Waals surface area contributed by atoms with Crippen LogP contribution in [0, 0.1) is 11.3 Å².